The normalized spacial score (nSPS) is 13.5. The molecule has 0 saturated heterocycles. The van der Waals surface area contributed by atoms with Crippen molar-refractivity contribution in [3.8, 4) is 0 Å². The zero-order valence-electron chi connectivity index (χ0n) is 10.6. The van der Waals surface area contributed by atoms with E-state index in [1.54, 1.807) is 18.2 Å². The van der Waals surface area contributed by atoms with Gasteiger partial charge in [0.1, 0.15) is 12.4 Å². The number of hydrogen-bond acceptors (Lipinski definition) is 3. The Hall–Kier alpha value is -2.41. The molecule has 2 heterocycles. The van der Waals surface area contributed by atoms with Crippen LogP contribution in [0.1, 0.15) is 22.9 Å². The van der Waals surface area contributed by atoms with E-state index < -0.39 is 17.8 Å². The molecule has 0 radical (unpaired) electrons. The van der Waals surface area contributed by atoms with Gasteiger partial charge in [-0.15, -0.1) is 0 Å². The molecule has 0 amide bonds. The van der Waals surface area contributed by atoms with Crippen molar-refractivity contribution in [3.05, 3.63) is 65.6 Å². The van der Waals surface area contributed by atoms with Crippen molar-refractivity contribution in [2.24, 2.45) is 0 Å². The number of nitrogens with zero attached hydrogens (tertiary/aromatic N) is 3. The zero-order chi connectivity index (χ0) is 15.0. The second-order valence-electron chi connectivity index (χ2n) is 4.51. The Morgan fingerprint density at radius 2 is 1.86 bits per heavy atom. The first-order chi connectivity index (χ1) is 9.97. The van der Waals surface area contributed by atoms with Crippen LogP contribution in [-0.4, -0.2) is 19.7 Å². The molecular weight excluding hydrogens is 283 g/mol. The van der Waals surface area contributed by atoms with Gasteiger partial charge in [-0.3, -0.25) is 0 Å². The molecule has 0 aliphatic rings. The SMILES string of the molecule is OC(c1cccc(C(F)(F)F)c1)c1cccc2ncnn12. The fourth-order valence-corrected chi connectivity index (χ4v) is 2.13. The topological polar surface area (TPSA) is 50.4 Å². The summed E-state index contributed by atoms with van der Waals surface area (Å²) in [6.07, 6.45) is -4.36. The lowest BCUT2D eigenvalue weighted by atomic mass is 10.0. The molecule has 108 valence electrons. The minimum Gasteiger partial charge on any atom is -0.382 e. The van der Waals surface area contributed by atoms with Crippen LogP contribution >= 0.6 is 0 Å². The summed E-state index contributed by atoms with van der Waals surface area (Å²) in [6.45, 7) is 0. The van der Waals surface area contributed by atoms with E-state index in [0.717, 1.165) is 12.1 Å². The van der Waals surface area contributed by atoms with Crippen LogP contribution in [0.4, 0.5) is 13.2 Å². The summed E-state index contributed by atoms with van der Waals surface area (Å²) in [4.78, 5) is 3.97. The van der Waals surface area contributed by atoms with Crippen LogP contribution in [-0.2, 0) is 6.18 Å². The van der Waals surface area contributed by atoms with Crippen molar-refractivity contribution in [3.63, 3.8) is 0 Å². The summed E-state index contributed by atoms with van der Waals surface area (Å²) in [7, 11) is 0. The third kappa shape index (κ3) is 2.47. The van der Waals surface area contributed by atoms with E-state index in [9.17, 15) is 18.3 Å². The fraction of sp³-hybridized carbons (Fsp3) is 0.143. The quantitative estimate of drug-likeness (QED) is 0.790. The Balaban J connectivity index is 2.06. The van der Waals surface area contributed by atoms with Gasteiger partial charge in [-0.1, -0.05) is 18.2 Å². The maximum atomic E-state index is 12.7. The lowest BCUT2D eigenvalue weighted by Crippen LogP contribution is -2.10. The summed E-state index contributed by atoms with van der Waals surface area (Å²) in [6, 6.07) is 9.54. The van der Waals surface area contributed by atoms with E-state index in [4.69, 9.17) is 0 Å². The predicted octanol–water partition coefficient (Wildman–Crippen LogP) is 2.83. The largest absolute Gasteiger partial charge is 0.416 e. The van der Waals surface area contributed by atoms with Crippen molar-refractivity contribution < 1.29 is 18.3 Å². The number of aromatic nitrogens is 3. The number of halogens is 3. The molecule has 1 aromatic carbocycles. The Kier molecular flexibility index (Phi) is 3.13. The lowest BCUT2D eigenvalue weighted by Gasteiger charge is -2.14. The first-order valence-electron chi connectivity index (χ1n) is 6.11. The predicted molar refractivity (Wildman–Crippen MR) is 68.5 cm³/mol. The number of alkyl halides is 3. The molecule has 0 fully saturated rings. The van der Waals surface area contributed by atoms with Gasteiger partial charge in [0.05, 0.1) is 11.3 Å². The highest BCUT2D eigenvalue weighted by Crippen LogP contribution is 2.32. The molecule has 3 rings (SSSR count). The Labute approximate surface area is 117 Å². The van der Waals surface area contributed by atoms with Crippen molar-refractivity contribution in [1.82, 2.24) is 14.6 Å². The highest BCUT2D eigenvalue weighted by Gasteiger charge is 2.31. The molecule has 0 aliphatic heterocycles. The van der Waals surface area contributed by atoms with Crippen LogP contribution in [0, 0.1) is 0 Å². The van der Waals surface area contributed by atoms with E-state index in [1.807, 2.05) is 0 Å². The highest BCUT2D eigenvalue weighted by atomic mass is 19.4. The highest BCUT2D eigenvalue weighted by molar-refractivity contribution is 5.40. The van der Waals surface area contributed by atoms with Crippen LogP contribution in [0.3, 0.4) is 0 Å². The van der Waals surface area contributed by atoms with Gasteiger partial charge in [-0.05, 0) is 29.8 Å². The van der Waals surface area contributed by atoms with Crippen LogP contribution < -0.4 is 0 Å². The number of aliphatic hydroxyl groups is 1. The van der Waals surface area contributed by atoms with Gasteiger partial charge in [0.25, 0.3) is 0 Å². The van der Waals surface area contributed by atoms with Crippen molar-refractivity contribution >= 4 is 5.65 Å². The van der Waals surface area contributed by atoms with Crippen molar-refractivity contribution in [1.29, 1.82) is 0 Å². The van der Waals surface area contributed by atoms with Gasteiger partial charge in [-0.25, -0.2) is 9.50 Å². The summed E-state index contributed by atoms with van der Waals surface area (Å²) in [5.41, 5.74) is 0.209. The van der Waals surface area contributed by atoms with Gasteiger partial charge in [0.15, 0.2) is 5.65 Å². The standard InChI is InChI=1S/C14H10F3N3O/c15-14(16,17)10-4-1-3-9(7-10)13(21)11-5-2-6-12-18-8-19-20(11)12/h1-8,13,21H. The molecule has 1 atom stereocenters. The van der Waals surface area contributed by atoms with E-state index in [0.29, 0.717) is 11.3 Å². The van der Waals surface area contributed by atoms with Crippen LogP contribution in [0.15, 0.2) is 48.8 Å². The molecule has 3 aromatic rings. The second kappa shape index (κ2) is 4.85. The van der Waals surface area contributed by atoms with E-state index in [2.05, 4.69) is 10.1 Å². The first-order valence-corrected chi connectivity index (χ1v) is 6.11. The maximum absolute atomic E-state index is 12.7. The number of fused-ring (bicyclic) bond motifs is 1. The van der Waals surface area contributed by atoms with Gasteiger partial charge < -0.3 is 5.11 Å². The summed E-state index contributed by atoms with van der Waals surface area (Å²) >= 11 is 0. The van der Waals surface area contributed by atoms with E-state index in [-0.39, 0.29) is 5.56 Å². The molecule has 0 saturated carbocycles. The van der Waals surface area contributed by atoms with Gasteiger partial charge in [0, 0.05) is 0 Å². The summed E-state index contributed by atoms with van der Waals surface area (Å²) in [5, 5.41) is 14.3. The van der Waals surface area contributed by atoms with Crippen LogP contribution in [0.5, 0.6) is 0 Å². The molecule has 2 aromatic heterocycles. The zero-order valence-corrected chi connectivity index (χ0v) is 10.6. The fourth-order valence-electron chi connectivity index (χ4n) is 2.13. The molecule has 1 unspecified atom stereocenters. The van der Waals surface area contributed by atoms with Gasteiger partial charge in [0.2, 0.25) is 0 Å². The number of hydrogen-bond donors (Lipinski definition) is 1. The Morgan fingerprint density at radius 1 is 1.10 bits per heavy atom. The van der Waals surface area contributed by atoms with Crippen molar-refractivity contribution in [2.45, 2.75) is 12.3 Å². The minimum atomic E-state index is -4.45. The monoisotopic (exact) mass is 293 g/mol. The number of rotatable bonds is 2. The molecule has 7 heteroatoms. The summed E-state index contributed by atoms with van der Waals surface area (Å²) in [5.74, 6) is 0. The van der Waals surface area contributed by atoms with Crippen LogP contribution in [0.25, 0.3) is 5.65 Å². The van der Waals surface area contributed by atoms with Crippen molar-refractivity contribution in [2.75, 3.05) is 0 Å². The lowest BCUT2D eigenvalue weighted by molar-refractivity contribution is -0.137. The number of aliphatic hydroxyl groups excluding tert-OH is 1. The Morgan fingerprint density at radius 3 is 2.62 bits per heavy atom. The number of benzene rings is 1. The molecule has 0 aliphatic carbocycles. The van der Waals surface area contributed by atoms with Gasteiger partial charge >= 0.3 is 6.18 Å². The summed E-state index contributed by atoms with van der Waals surface area (Å²) < 4.78 is 39.6. The maximum Gasteiger partial charge on any atom is 0.416 e. The number of pyridine rings is 1. The minimum absolute atomic E-state index is 0.146. The Bertz CT molecular complexity index is 782. The van der Waals surface area contributed by atoms with E-state index in [1.165, 1.54) is 23.0 Å². The van der Waals surface area contributed by atoms with Crippen LogP contribution in [0.2, 0.25) is 0 Å². The molecular formula is C14H10F3N3O. The molecule has 4 nitrogen and oxygen atoms in total. The first kappa shape index (κ1) is 13.6. The smallest absolute Gasteiger partial charge is 0.382 e. The molecule has 1 N–H and O–H groups in total. The molecule has 21 heavy (non-hydrogen) atoms. The third-order valence-corrected chi connectivity index (χ3v) is 3.14. The van der Waals surface area contributed by atoms with Gasteiger partial charge in [-0.2, -0.15) is 18.3 Å². The molecule has 0 spiro atoms. The second-order valence-corrected chi connectivity index (χ2v) is 4.51. The third-order valence-electron chi connectivity index (χ3n) is 3.14. The van der Waals surface area contributed by atoms with E-state index >= 15 is 0 Å². The average molecular weight is 293 g/mol. The average Bonchev–Trinajstić information content (AvgIpc) is 2.94. The molecule has 0 bridgehead atoms.